The molecular weight excluding hydrogens is 310 g/mol. The molecule has 24 heavy (non-hydrogen) atoms. The second-order valence-corrected chi connectivity index (χ2v) is 5.42. The lowest BCUT2D eigenvalue weighted by atomic mass is 10.2. The number of methoxy groups -OCH3 is 2. The molecule has 1 N–H and O–H groups in total. The molecule has 0 bridgehead atoms. The van der Waals surface area contributed by atoms with Crippen molar-refractivity contribution < 1.29 is 14.3 Å². The van der Waals surface area contributed by atoms with Crippen LogP contribution in [0, 0.1) is 13.8 Å². The van der Waals surface area contributed by atoms with Gasteiger partial charge in [0.1, 0.15) is 17.5 Å². The molecule has 0 aliphatic rings. The first kappa shape index (κ1) is 17.5. The van der Waals surface area contributed by atoms with Crippen molar-refractivity contribution in [3.05, 3.63) is 46.1 Å². The lowest BCUT2D eigenvalue weighted by molar-refractivity contribution is -0.119. The van der Waals surface area contributed by atoms with E-state index in [2.05, 4.69) is 10.3 Å². The SMILES string of the molecule is COc1ccc(OC)c(NC(=O)C(C)n2c(C)cc(C)nc2=O)c1. The molecule has 128 valence electrons. The quantitative estimate of drug-likeness (QED) is 0.907. The molecule has 7 heteroatoms. The Morgan fingerprint density at radius 2 is 1.92 bits per heavy atom. The third kappa shape index (κ3) is 3.56. The number of aryl methyl sites for hydroxylation is 2. The number of benzene rings is 1. The number of hydrogen-bond donors (Lipinski definition) is 1. The van der Waals surface area contributed by atoms with Crippen molar-refractivity contribution in [1.82, 2.24) is 9.55 Å². The van der Waals surface area contributed by atoms with E-state index in [0.29, 0.717) is 28.6 Å². The number of nitrogens with one attached hydrogen (secondary N) is 1. The number of rotatable bonds is 5. The van der Waals surface area contributed by atoms with E-state index in [-0.39, 0.29) is 5.91 Å². The normalized spacial score (nSPS) is 11.7. The summed E-state index contributed by atoms with van der Waals surface area (Å²) in [5, 5.41) is 2.77. The molecule has 2 rings (SSSR count). The summed E-state index contributed by atoms with van der Waals surface area (Å²) in [5.74, 6) is 0.740. The molecule has 0 saturated carbocycles. The zero-order valence-electron chi connectivity index (χ0n) is 14.4. The Kier molecular flexibility index (Phi) is 5.23. The minimum Gasteiger partial charge on any atom is -0.497 e. The van der Waals surface area contributed by atoms with Crippen LogP contribution in [0.2, 0.25) is 0 Å². The molecule has 0 saturated heterocycles. The number of amides is 1. The fourth-order valence-electron chi connectivity index (χ4n) is 2.50. The number of carbonyl (C=O) groups is 1. The van der Waals surface area contributed by atoms with Crippen molar-refractivity contribution in [2.24, 2.45) is 0 Å². The van der Waals surface area contributed by atoms with Crippen LogP contribution in [-0.4, -0.2) is 29.7 Å². The first-order valence-corrected chi connectivity index (χ1v) is 7.47. The van der Waals surface area contributed by atoms with Crippen molar-refractivity contribution >= 4 is 11.6 Å². The summed E-state index contributed by atoms with van der Waals surface area (Å²) in [6.45, 7) is 5.16. The van der Waals surface area contributed by atoms with E-state index < -0.39 is 11.7 Å². The van der Waals surface area contributed by atoms with Gasteiger partial charge in [-0.15, -0.1) is 0 Å². The van der Waals surface area contributed by atoms with E-state index >= 15 is 0 Å². The first-order valence-electron chi connectivity index (χ1n) is 7.47. The van der Waals surface area contributed by atoms with Crippen LogP contribution in [-0.2, 0) is 4.79 Å². The van der Waals surface area contributed by atoms with Crippen LogP contribution in [0.15, 0.2) is 29.1 Å². The minimum atomic E-state index is -0.721. The predicted octanol–water partition coefficient (Wildman–Crippen LogP) is 2.08. The molecule has 0 radical (unpaired) electrons. The summed E-state index contributed by atoms with van der Waals surface area (Å²) in [7, 11) is 3.05. The molecule has 0 fully saturated rings. The van der Waals surface area contributed by atoms with Gasteiger partial charge >= 0.3 is 5.69 Å². The molecule has 0 spiro atoms. The molecule has 1 amide bonds. The number of hydrogen-bond acceptors (Lipinski definition) is 5. The van der Waals surface area contributed by atoms with E-state index in [1.807, 2.05) is 0 Å². The standard InChI is InChI=1S/C17H21N3O4/c1-10-8-11(2)20(17(22)18-10)12(3)16(21)19-14-9-13(23-4)6-7-15(14)24-5/h6-9,12H,1-5H3,(H,19,21). The number of nitrogens with zero attached hydrogens (tertiary/aromatic N) is 2. The average molecular weight is 331 g/mol. The monoisotopic (exact) mass is 331 g/mol. The van der Waals surface area contributed by atoms with Gasteiger partial charge in [-0.3, -0.25) is 9.36 Å². The summed E-state index contributed by atoms with van der Waals surface area (Å²) >= 11 is 0. The van der Waals surface area contributed by atoms with Gasteiger partial charge in [0.25, 0.3) is 0 Å². The smallest absolute Gasteiger partial charge is 0.348 e. The molecule has 1 aromatic heterocycles. The fraction of sp³-hybridized carbons (Fsp3) is 0.353. The van der Waals surface area contributed by atoms with Gasteiger partial charge in [0, 0.05) is 17.5 Å². The van der Waals surface area contributed by atoms with Crippen molar-refractivity contribution in [3.8, 4) is 11.5 Å². The molecule has 1 atom stereocenters. The van der Waals surface area contributed by atoms with Crippen LogP contribution in [0.1, 0.15) is 24.4 Å². The zero-order chi connectivity index (χ0) is 17.9. The van der Waals surface area contributed by atoms with Crippen molar-refractivity contribution in [3.63, 3.8) is 0 Å². The zero-order valence-corrected chi connectivity index (χ0v) is 14.4. The molecule has 1 unspecified atom stereocenters. The van der Waals surface area contributed by atoms with Gasteiger partial charge in [0.05, 0.1) is 19.9 Å². The number of ether oxygens (including phenoxy) is 2. The predicted molar refractivity (Wildman–Crippen MR) is 90.9 cm³/mol. The van der Waals surface area contributed by atoms with Crippen molar-refractivity contribution in [2.75, 3.05) is 19.5 Å². The topological polar surface area (TPSA) is 82.4 Å². The molecule has 0 aliphatic carbocycles. The van der Waals surface area contributed by atoms with E-state index in [0.717, 1.165) is 0 Å². The average Bonchev–Trinajstić information content (AvgIpc) is 2.53. The third-order valence-corrected chi connectivity index (χ3v) is 3.71. The van der Waals surface area contributed by atoms with Crippen LogP contribution in [0.3, 0.4) is 0 Å². The largest absolute Gasteiger partial charge is 0.497 e. The summed E-state index contributed by atoms with van der Waals surface area (Å²) in [5.41, 5.74) is 1.32. The summed E-state index contributed by atoms with van der Waals surface area (Å²) in [4.78, 5) is 28.6. The molecular formula is C17H21N3O4. The summed E-state index contributed by atoms with van der Waals surface area (Å²) < 4.78 is 11.8. The lowest BCUT2D eigenvalue weighted by Gasteiger charge is -2.18. The Balaban J connectivity index is 2.32. The summed E-state index contributed by atoms with van der Waals surface area (Å²) in [6.07, 6.45) is 0. The van der Waals surface area contributed by atoms with Crippen LogP contribution >= 0.6 is 0 Å². The van der Waals surface area contributed by atoms with Crippen molar-refractivity contribution in [1.29, 1.82) is 0 Å². The second kappa shape index (κ2) is 7.16. The highest BCUT2D eigenvalue weighted by atomic mass is 16.5. The first-order chi connectivity index (χ1) is 11.4. The Bertz CT molecular complexity index is 814. The third-order valence-electron chi connectivity index (χ3n) is 3.71. The highest BCUT2D eigenvalue weighted by molar-refractivity contribution is 5.95. The van der Waals surface area contributed by atoms with E-state index in [1.54, 1.807) is 45.0 Å². The Hall–Kier alpha value is -2.83. The van der Waals surface area contributed by atoms with E-state index in [9.17, 15) is 9.59 Å². The molecule has 2 aromatic rings. The van der Waals surface area contributed by atoms with Gasteiger partial charge < -0.3 is 14.8 Å². The van der Waals surface area contributed by atoms with Gasteiger partial charge in [0.15, 0.2) is 0 Å². The Labute approximate surface area is 140 Å². The molecule has 7 nitrogen and oxygen atoms in total. The number of anilines is 1. The minimum absolute atomic E-state index is 0.350. The van der Waals surface area contributed by atoms with Crippen molar-refractivity contribution in [2.45, 2.75) is 26.8 Å². The number of aromatic nitrogens is 2. The van der Waals surface area contributed by atoms with Crippen LogP contribution in [0.25, 0.3) is 0 Å². The Morgan fingerprint density at radius 1 is 1.21 bits per heavy atom. The maximum atomic E-state index is 12.6. The van der Waals surface area contributed by atoms with Crippen LogP contribution in [0.4, 0.5) is 5.69 Å². The van der Waals surface area contributed by atoms with E-state index in [4.69, 9.17) is 9.47 Å². The second-order valence-electron chi connectivity index (χ2n) is 5.42. The molecule has 1 aromatic carbocycles. The van der Waals surface area contributed by atoms with Gasteiger partial charge in [-0.2, -0.15) is 4.98 Å². The number of carbonyl (C=O) groups excluding carboxylic acids is 1. The molecule has 1 heterocycles. The maximum Gasteiger partial charge on any atom is 0.348 e. The van der Waals surface area contributed by atoms with Gasteiger partial charge in [-0.1, -0.05) is 0 Å². The van der Waals surface area contributed by atoms with E-state index in [1.165, 1.54) is 18.8 Å². The fourth-order valence-corrected chi connectivity index (χ4v) is 2.50. The summed E-state index contributed by atoms with van der Waals surface area (Å²) in [6, 6.07) is 6.13. The van der Waals surface area contributed by atoms with Gasteiger partial charge in [-0.05, 0) is 39.0 Å². The highest BCUT2D eigenvalue weighted by Gasteiger charge is 2.20. The lowest BCUT2D eigenvalue weighted by Crippen LogP contribution is -2.34. The maximum absolute atomic E-state index is 12.6. The van der Waals surface area contributed by atoms with Gasteiger partial charge in [-0.25, -0.2) is 4.79 Å². The molecule has 0 aliphatic heterocycles. The highest BCUT2D eigenvalue weighted by Crippen LogP contribution is 2.29. The Morgan fingerprint density at radius 3 is 2.50 bits per heavy atom. The van der Waals surface area contributed by atoms with Crippen LogP contribution in [0.5, 0.6) is 11.5 Å². The van der Waals surface area contributed by atoms with Gasteiger partial charge in [0.2, 0.25) is 5.91 Å². The van der Waals surface area contributed by atoms with Crippen LogP contribution < -0.4 is 20.5 Å².